The van der Waals surface area contributed by atoms with Crippen molar-refractivity contribution in [2.45, 2.75) is 19.3 Å². The molecule has 0 spiro atoms. The second kappa shape index (κ2) is 5.43. The predicted octanol–water partition coefficient (Wildman–Crippen LogP) is 3.08. The van der Waals surface area contributed by atoms with Gasteiger partial charge in [0.25, 0.3) is 0 Å². The lowest BCUT2D eigenvalue weighted by Crippen LogP contribution is -2.14. The van der Waals surface area contributed by atoms with Crippen LogP contribution < -0.4 is 5.73 Å². The van der Waals surface area contributed by atoms with E-state index in [1.54, 1.807) is 0 Å². The molecule has 0 amide bonds. The maximum Gasteiger partial charge on any atom is 0.133 e. The smallest absolute Gasteiger partial charge is 0.133 e. The van der Waals surface area contributed by atoms with E-state index < -0.39 is 0 Å². The van der Waals surface area contributed by atoms with Crippen molar-refractivity contribution in [2.75, 3.05) is 6.54 Å². The molecule has 0 bridgehead atoms. The van der Waals surface area contributed by atoms with Crippen molar-refractivity contribution < 1.29 is 0 Å². The molecule has 0 aliphatic rings. The van der Waals surface area contributed by atoms with Crippen molar-refractivity contribution in [1.29, 1.82) is 0 Å². The molecule has 4 nitrogen and oxygen atoms in total. The van der Waals surface area contributed by atoms with Gasteiger partial charge in [0.15, 0.2) is 0 Å². The van der Waals surface area contributed by atoms with Gasteiger partial charge in [0.05, 0.1) is 5.69 Å². The summed E-state index contributed by atoms with van der Waals surface area (Å²) < 4.78 is 0. The molecule has 102 valence electrons. The third-order valence-electron chi connectivity index (χ3n) is 3.68. The molecule has 3 rings (SSSR count). The van der Waals surface area contributed by atoms with E-state index in [4.69, 9.17) is 10.7 Å². The highest BCUT2D eigenvalue weighted by Crippen LogP contribution is 2.27. The Morgan fingerprint density at radius 1 is 1.25 bits per heavy atom. The van der Waals surface area contributed by atoms with Crippen LogP contribution in [-0.4, -0.2) is 21.5 Å². The molecular formula is C16H18N4. The number of aromatic amines is 1. The third-order valence-corrected chi connectivity index (χ3v) is 3.68. The van der Waals surface area contributed by atoms with Gasteiger partial charge in [-0.2, -0.15) is 0 Å². The van der Waals surface area contributed by atoms with Crippen molar-refractivity contribution in [3.63, 3.8) is 0 Å². The number of hydrogen-bond donors (Lipinski definition) is 2. The van der Waals surface area contributed by atoms with Crippen LogP contribution in [-0.2, 0) is 0 Å². The second-order valence-electron chi connectivity index (χ2n) is 4.89. The summed E-state index contributed by atoms with van der Waals surface area (Å²) in [5, 5.41) is 1.18. The van der Waals surface area contributed by atoms with Gasteiger partial charge in [-0.3, -0.25) is 0 Å². The van der Waals surface area contributed by atoms with E-state index in [0.29, 0.717) is 6.54 Å². The number of fused-ring (bicyclic) bond motifs is 1. The number of rotatable bonds is 4. The van der Waals surface area contributed by atoms with E-state index in [1.807, 2.05) is 30.6 Å². The fourth-order valence-electron chi connectivity index (χ4n) is 2.46. The normalized spacial score (nSPS) is 12.7. The van der Waals surface area contributed by atoms with Crippen LogP contribution in [0.4, 0.5) is 0 Å². The number of nitrogens with zero attached hydrogens (tertiary/aromatic N) is 2. The Bertz CT molecular complexity index is 713. The molecule has 4 heteroatoms. The summed E-state index contributed by atoms with van der Waals surface area (Å²) in [6, 6.07) is 10.2. The highest BCUT2D eigenvalue weighted by molar-refractivity contribution is 5.94. The Labute approximate surface area is 118 Å². The number of nitrogens with two attached hydrogens (primary N) is 1. The fraction of sp³-hybridized carbons (Fsp3) is 0.250. The number of H-pyrrole nitrogens is 1. The number of nitrogens with one attached hydrogen (secondary N) is 1. The SMILES string of the molecule is CCC(CN)c1nccc(-c2c[nH]c3ccccc23)n1. The summed E-state index contributed by atoms with van der Waals surface area (Å²) in [4.78, 5) is 12.3. The molecule has 1 unspecified atom stereocenters. The van der Waals surface area contributed by atoms with Gasteiger partial charge < -0.3 is 10.7 Å². The van der Waals surface area contributed by atoms with Crippen LogP contribution in [0.15, 0.2) is 42.7 Å². The molecule has 2 aromatic heterocycles. The number of para-hydroxylation sites is 1. The highest BCUT2D eigenvalue weighted by atomic mass is 14.9. The van der Waals surface area contributed by atoms with Crippen molar-refractivity contribution in [3.05, 3.63) is 48.5 Å². The van der Waals surface area contributed by atoms with E-state index in [1.165, 1.54) is 5.39 Å². The molecule has 20 heavy (non-hydrogen) atoms. The molecule has 3 aromatic rings. The molecule has 1 atom stereocenters. The molecule has 2 heterocycles. The monoisotopic (exact) mass is 266 g/mol. The van der Waals surface area contributed by atoms with E-state index in [0.717, 1.165) is 29.0 Å². The van der Waals surface area contributed by atoms with Crippen LogP contribution in [0.3, 0.4) is 0 Å². The largest absolute Gasteiger partial charge is 0.360 e. The minimum Gasteiger partial charge on any atom is -0.360 e. The lowest BCUT2D eigenvalue weighted by atomic mass is 10.1. The molecule has 3 N–H and O–H groups in total. The summed E-state index contributed by atoms with van der Waals surface area (Å²) in [5.74, 6) is 1.05. The van der Waals surface area contributed by atoms with E-state index in [9.17, 15) is 0 Å². The second-order valence-corrected chi connectivity index (χ2v) is 4.89. The van der Waals surface area contributed by atoms with Gasteiger partial charge in [0.2, 0.25) is 0 Å². The number of aromatic nitrogens is 3. The van der Waals surface area contributed by atoms with Crippen molar-refractivity contribution >= 4 is 10.9 Å². The van der Waals surface area contributed by atoms with E-state index >= 15 is 0 Å². The van der Waals surface area contributed by atoms with E-state index in [-0.39, 0.29) is 5.92 Å². The first-order valence-electron chi connectivity index (χ1n) is 6.93. The summed E-state index contributed by atoms with van der Waals surface area (Å²) in [7, 11) is 0. The summed E-state index contributed by atoms with van der Waals surface area (Å²) in [5.41, 5.74) is 8.96. The first kappa shape index (κ1) is 12.8. The number of benzene rings is 1. The van der Waals surface area contributed by atoms with Crippen LogP contribution in [0.5, 0.6) is 0 Å². The molecule has 0 fully saturated rings. The molecule has 0 saturated carbocycles. The standard InChI is InChI=1S/C16H18N4/c1-2-11(9-17)16-18-8-7-15(20-16)13-10-19-14-6-4-3-5-12(13)14/h3-8,10-11,19H,2,9,17H2,1H3. The molecule has 1 aromatic carbocycles. The van der Waals surface area contributed by atoms with Crippen LogP contribution in [0.1, 0.15) is 25.1 Å². The summed E-state index contributed by atoms with van der Waals surface area (Å²) >= 11 is 0. The first-order valence-corrected chi connectivity index (χ1v) is 6.93. The average Bonchev–Trinajstić information content (AvgIpc) is 2.93. The average molecular weight is 266 g/mol. The van der Waals surface area contributed by atoms with Gasteiger partial charge in [-0.25, -0.2) is 9.97 Å². The predicted molar refractivity (Wildman–Crippen MR) is 81.4 cm³/mol. The molecule has 0 aliphatic heterocycles. The Balaban J connectivity index is 2.08. The Morgan fingerprint density at radius 3 is 2.90 bits per heavy atom. The molecule has 0 aliphatic carbocycles. The van der Waals surface area contributed by atoms with Gasteiger partial charge in [0.1, 0.15) is 5.82 Å². The minimum absolute atomic E-state index is 0.222. The maximum absolute atomic E-state index is 5.79. The fourth-order valence-corrected chi connectivity index (χ4v) is 2.46. The van der Waals surface area contributed by atoms with Gasteiger partial charge in [0, 0.05) is 41.3 Å². The topological polar surface area (TPSA) is 67.6 Å². The van der Waals surface area contributed by atoms with E-state index in [2.05, 4.69) is 29.0 Å². The van der Waals surface area contributed by atoms with Gasteiger partial charge in [-0.15, -0.1) is 0 Å². The first-order chi connectivity index (χ1) is 9.83. The highest BCUT2D eigenvalue weighted by Gasteiger charge is 2.13. The summed E-state index contributed by atoms with van der Waals surface area (Å²) in [6.07, 6.45) is 4.77. The minimum atomic E-state index is 0.222. The van der Waals surface area contributed by atoms with Crippen LogP contribution in [0.2, 0.25) is 0 Å². The molecular weight excluding hydrogens is 248 g/mol. The van der Waals surface area contributed by atoms with Crippen molar-refractivity contribution in [2.24, 2.45) is 5.73 Å². The third kappa shape index (κ3) is 2.18. The van der Waals surface area contributed by atoms with Crippen LogP contribution in [0, 0.1) is 0 Å². The molecule has 0 saturated heterocycles. The number of hydrogen-bond acceptors (Lipinski definition) is 3. The van der Waals surface area contributed by atoms with Crippen molar-refractivity contribution in [1.82, 2.24) is 15.0 Å². The quantitative estimate of drug-likeness (QED) is 0.762. The lowest BCUT2D eigenvalue weighted by molar-refractivity contribution is 0.631. The zero-order chi connectivity index (χ0) is 13.9. The Morgan fingerprint density at radius 2 is 2.10 bits per heavy atom. The van der Waals surface area contributed by atoms with Crippen LogP contribution >= 0.6 is 0 Å². The Hall–Kier alpha value is -2.20. The van der Waals surface area contributed by atoms with Gasteiger partial charge in [-0.1, -0.05) is 25.1 Å². The maximum atomic E-state index is 5.79. The molecule has 0 radical (unpaired) electrons. The zero-order valence-electron chi connectivity index (χ0n) is 11.5. The van der Waals surface area contributed by atoms with Crippen molar-refractivity contribution in [3.8, 4) is 11.3 Å². The zero-order valence-corrected chi connectivity index (χ0v) is 11.5. The lowest BCUT2D eigenvalue weighted by Gasteiger charge is -2.11. The van der Waals surface area contributed by atoms with Gasteiger partial charge in [-0.05, 0) is 18.6 Å². The van der Waals surface area contributed by atoms with Crippen LogP contribution in [0.25, 0.3) is 22.2 Å². The Kier molecular flexibility index (Phi) is 3.48. The van der Waals surface area contributed by atoms with Gasteiger partial charge >= 0.3 is 0 Å². The summed E-state index contributed by atoms with van der Waals surface area (Å²) in [6.45, 7) is 2.69.